The van der Waals surface area contributed by atoms with E-state index in [9.17, 15) is 4.79 Å². The number of carbonyl (C=O) groups excluding carboxylic acids is 1. The molecule has 122 valence electrons. The summed E-state index contributed by atoms with van der Waals surface area (Å²) in [6.45, 7) is 3.29. The van der Waals surface area contributed by atoms with Crippen molar-refractivity contribution in [2.45, 2.75) is 18.9 Å². The Balaban J connectivity index is 1.48. The first kappa shape index (κ1) is 15.3. The molecule has 2 aromatic rings. The zero-order valence-electron chi connectivity index (χ0n) is 13.2. The van der Waals surface area contributed by atoms with Gasteiger partial charge in [-0.2, -0.15) is 5.26 Å². The fourth-order valence-corrected chi connectivity index (χ4v) is 4.42. The minimum absolute atomic E-state index is 0.0334. The number of fused-ring (bicyclic) bond motifs is 3. The summed E-state index contributed by atoms with van der Waals surface area (Å²) in [6.07, 6.45) is 4.00. The molecule has 4 heterocycles. The van der Waals surface area contributed by atoms with Crippen LogP contribution >= 0.6 is 11.3 Å². The van der Waals surface area contributed by atoms with Gasteiger partial charge in [0.1, 0.15) is 9.88 Å². The lowest BCUT2D eigenvalue weighted by atomic mass is 9.84. The molecule has 5 rings (SSSR count). The number of nitrogens with zero attached hydrogens (tertiary/aromatic N) is 3. The monoisotopic (exact) mass is 338 g/mol. The van der Waals surface area contributed by atoms with E-state index in [1.54, 1.807) is 18.3 Å². The molecule has 0 saturated carbocycles. The highest BCUT2D eigenvalue weighted by Crippen LogP contribution is 2.29. The SMILES string of the molecule is N#Cc1cccc(-c2ncc(C(=O)NC3CN4CCC3CC4)s2)c1. The summed E-state index contributed by atoms with van der Waals surface area (Å²) in [5, 5.41) is 13.0. The quantitative estimate of drug-likeness (QED) is 0.933. The molecule has 24 heavy (non-hydrogen) atoms. The number of thiazole rings is 1. The Morgan fingerprint density at radius 2 is 2.21 bits per heavy atom. The number of hydrogen-bond donors (Lipinski definition) is 1. The van der Waals surface area contributed by atoms with Crippen molar-refractivity contribution in [3.63, 3.8) is 0 Å². The summed E-state index contributed by atoms with van der Waals surface area (Å²) in [7, 11) is 0. The van der Waals surface area contributed by atoms with Gasteiger partial charge in [-0.3, -0.25) is 4.79 Å². The number of amides is 1. The van der Waals surface area contributed by atoms with E-state index in [1.165, 1.54) is 24.2 Å². The molecule has 1 aromatic heterocycles. The van der Waals surface area contributed by atoms with E-state index in [1.807, 2.05) is 12.1 Å². The molecule has 0 radical (unpaired) electrons. The third-order valence-corrected chi connectivity index (χ3v) is 5.99. The molecule has 0 aliphatic carbocycles. The number of benzene rings is 1. The topological polar surface area (TPSA) is 69.0 Å². The first-order valence-corrected chi connectivity index (χ1v) is 9.04. The maximum Gasteiger partial charge on any atom is 0.263 e. The molecular formula is C18H18N4OS. The number of piperidine rings is 3. The third kappa shape index (κ3) is 2.93. The van der Waals surface area contributed by atoms with Crippen LogP contribution in [0, 0.1) is 17.2 Å². The average Bonchev–Trinajstić information content (AvgIpc) is 3.13. The average molecular weight is 338 g/mol. The lowest BCUT2D eigenvalue weighted by molar-refractivity contribution is 0.0622. The van der Waals surface area contributed by atoms with E-state index < -0.39 is 0 Å². The summed E-state index contributed by atoms with van der Waals surface area (Å²) >= 11 is 1.38. The van der Waals surface area contributed by atoms with Crippen LogP contribution in [0.25, 0.3) is 10.6 Å². The normalized spacial score (nSPS) is 25.2. The highest BCUT2D eigenvalue weighted by atomic mass is 32.1. The first-order valence-electron chi connectivity index (χ1n) is 8.22. The minimum atomic E-state index is -0.0334. The fraction of sp³-hybridized carbons (Fsp3) is 0.389. The van der Waals surface area contributed by atoms with Crippen molar-refractivity contribution >= 4 is 17.2 Å². The Kier molecular flexibility index (Phi) is 4.05. The van der Waals surface area contributed by atoms with Crippen LogP contribution in [-0.4, -0.2) is 41.5 Å². The summed E-state index contributed by atoms with van der Waals surface area (Å²) < 4.78 is 0. The summed E-state index contributed by atoms with van der Waals surface area (Å²) in [6, 6.07) is 9.69. The number of carbonyl (C=O) groups is 1. The second-order valence-electron chi connectivity index (χ2n) is 6.44. The maximum absolute atomic E-state index is 12.5. The van der Waals surface area contributed by atoms with Crippen LogP contribution in [0.4, 0.5) is 0 Å². The third-order valence-electron chi connectivity index (χ3n) is 4.94. The van der Waals surface area contributed by atoms with Gasteiger partial charge in [0.05, 0.1) is 17.8 Å². The van der Waals surface area contributed by atoms with Gasteiger partial charge in [0, 0.05) is 18.2 Å². The Bertz CT molecular complexity index is 801. The standard InChI is InChI=1S/C18H18N4OS/c19-9-12-2-1-3-14(8-12)18-20-10-16(24-18)17(23)21-15-11-22-6-4-13(15)5-7-22/h1-3,8,10,13,15H,4-7,11H2,(H,21,23). The van der Waals surface area contributed by atoms with Crippen molar-refractivity contribution in [1.29, 1.82) is 5.26 Å². The largest absolute Gasteiger partial charge is 0.347 e. The van der Waals surface area contributed by atoms with Crippen LogP contribution in [0.2, 0.25) is 0 Å². The number of nitrogens with one attached hydrogen (secondary N) is 1. The van der Waals surface area contributed by atoms with Gasteiger partial charge in [0.25, 0.3) is 5.91 Å². The number of nitriles is 1. The second kappa shape index (κ2) is 6.34. The van der Waals surface area contributed by atoms with Gasteiger partial charge in [-0.15, -0.1) is 11.3 Å². The van der Waals surface area contributed by atoms with E-state index in [2.05, 4.69) is 21.3 Å². The van der Waals surface area contributed by atoms with E-state index in [4.69, 9.17) is 5.26 Å². The first-order chi connectivity index (χ1) is 11.7. The molecule has 1 unspecified atom stereocenters. The Labute approximate surface area is 144 Å². The number of hydrogen-bond acceptors (Lipinski definition) is 5. The Morgan fingerprint density at radius 3 is 2.92 bits per heavy atom. The maximum atomic E-state index is 12.5. The molecular weight excluding hydrogens is 320 g/mol. The molecule has 6 heteroatoms. The summed E-state index contributed by atoms with van der Waals surface area (Å²) in [5.74, 6) is 0.576. The molecule has 3 aliphatic heterocycles. The van der Waals surface area contributed by atoms with E-state index in [0.717, 1.165) is 30.2 Å². The van der Waals surface area contributed by atoms with Gasteiger partial charge < -0.3 is 10.2 Å². The van der Waals surface area contributed by atoms with Crippen LogP contribution in [0.1, 0.15) is 28.1 Å². The van der Waals surface area contributed by atoms with E-state index >= 15 is 0 Å². The Morgan fingerprint density at radius 1 is 1.38 bits per heavy atom. The molecule has 1 amide bonds. The second-order valence-corrected chi connectivity index (χ2v) is 7.47. The molecule has 3 aliphatic rings. The van der Waals surface area contributed by atoms with Gasteiger partial charge in [-0.1, -0.05) is 12.1 Å². The van der Waals surface area contributed by atoms with Crippen molar-refractivity contribution in [2.24, 2.45) is 5.92 Å². The van der Waals surface area contributed by atoms with Crippen LogP contribution in [-0.2, 0) is 0 Å². The zero-order valence-corrected chi connectivity index (χ0v) is 14.1. The van der Waals surface area contributed by atoms with Crippen molar-refractivity contribution < 1.29 is 4.79 Å². The summed E-state index contributed by atoms with van der Waals surface area (Å²) in [5.41, 5.74) is 1.47. The van der Waals surface area contributed by atoms with Crippen molar-refractivity contribution in [3.8, 4) is 16.6 Å². The van der Waals surface area contributed by atoms with Crippen molar-refractivity contribution in [1.82, 2.24) is 15.2 Å². The predicted molar refractivity (Wildman–Crippen MR) is 92.7 cm³/mol. The minimum Gasteiger partial charge on any atom is -0.347 e. The molecule has 0 spiro atoms. The van der Waals surface area contributed by atoms with Gasteiger partial charge in [0.15, 0.2) is 0 Å². The molecule has 1 N–H and O–H groups in total. The Hall–Kier alpha value is -2.23. The number of aromatic nitrogens is 1. The zero-order chi connectivity index (χ0) is 16.5. The van der Waals surface area contributed by atoms with Gasteiger partial charge in [-0.25, -0.2) is 4.98 Å². The lowest BCUT2D eigenvalue weighted by Gasteiger charge is -2.44. The molecule has 1 atom stereocenters. The van der Waals surface area contributed by atoms with Gasteiger partial charge >= 0.3 is 0 Å². The van der Waals surface area contributed by atoms with Crippen LogP contribution in [0.5, 0.6) is 0 Å². The van der Waals surface area contributed by atoms with Gasteiger partial charge in [0.2, 0.25) is 0 Å². The van der Waals surface area contributed by atoms with Gasteiger partial charge in [-0.05, 0) is 44.0 Å². The van der Waals surface area contributed by atoms with Crippen LogP contribution in [0.3, 0.4) is 0 Å². The van der Waals surface area contributed by atoms with E-state index in [0.29, 0.717) is 16.4 Å². The smallest absolute Gasteiger partial charge is 0.263 e. The fourth-order valence-electron chi connectivity index (χ4n) is 3.60. The van der Waals surface area contributed by atoms with Crippen LogP contribution < -0.4 is 5.32 Å². The highest BCUT2D eigenvalue weighted by Gasteiger charge is 2.35. The van der Waals surface area contributed by atoms with Crippen molar-refractivity contribution in [3.05, 3.63) is 40.9 Å². The molecule has 2 bridgehead atoms. The van der Waals surface area contributed by atoms with Crippen molar-refractivity contribution in [2.75, 3.05) is 19.6 Å². The molecule has 1 aromatic carbocycles. The molecule has 5 nitrogen and oxygen atoms in total. The molecule has 3 fully saturated rings. The number of rotatable bonds is 3. The van der Waals surface area contributed by atoms with Crippen LogP contribution in [0.15, 0.2) is 30.5 Å². The van der Waals surface area contributed by atoms with E-state index in [-0.39, 0.29) is 11.9 Å². The predicted octanol–water partition coefficient (Wildman–Crippen LogP) is 2.51. The lowest BCUT2D eigenvalue weighted by Crippen LogP contribution is -2.57. The molecule has 3 saturated heterocycles. The highest BCUT2D eigenvalue weighted by molar-refractivity contribution is 7.16. The summed E-state index contributed by atoms with van der Waals surface area (Å²) in [4.78, 5) is 20.0.